The molecular formula is C18H30N2+2. The van der Waals surface area contributed by atoms with Crippen LogP contribution in [0.5, 0.6) is 0 Å². The molecule has 0 fully saturated rings. The van der Waals surface area contributed by atoms with Gasteiger partial charge in [-0.15, -0.1) is 0 Å². The summed E-state index contributed by atoms with van der Waals surface area (Å²) in [6.45, 7) is 15.3. The highest BCUT2D eigenvalue weighted by Gasteiger charge is 2.20. The Morgan fingerprint density at radius 3 is 2.00 bits per heavy atom. The van der Waals surface area contributed by atoms with Crippen LogP contribution in [0.3, 0.4) is 0 Å². The van der Waals surface area contributed by atoms with E-state index in [9.17, 15) is 0 Å². The van der Waals surface area contributed by atoms with Gasteiger partial charge < -0.3 is 5.32 Å². The summed E-state index contributed by atoms with van der Waals surface area (Å²) in [6, 6.07) is 4.37. The van der Waals surface area contributed by atoms with Crippen LogP contribution in [0.1, 0.15) is 54.0 Å². The van der Waals surface area contributed by atoms with Crippen molar-refractivity contribution in [2.24, 2.45) is 0 Å². The molecule has 0 atom stereocenters. The van der Waals surface area contributed by atoms with Crippen molar-refractivity contribution in [3.63, 3.8) is 0 Å². The Morgan fingerprint density at radius 1 is 1.05 bits per heavy atom. The molecule has 0 saturated heterocycles. The van der Waals surface area contributed by atoms with E-state index in [1.165, 1.54) is 11.1 Å². The van der Waals surface area contributed by atoms with Crippen LogP contribution in [0.4, 0.5) is 0 Å². The molecule has 0 unspecified atom stereocenters. The van der Waals surface area contributed by atoms with E-state index in [2.05, 4.69) is 101 Å². The van der Waals surface area contributed by atoms with Gasteiger partial charge in [-0.1, -0.05) is 6.08 Å². The van der Waals surface area contributed by atoms with Crippen molar-refractivity contribution in [1.29, 1.82) is 0 Å². The summed E-state index contributed by atoms with van der Waals surface area (Å²) in [4.78, 5) is 0. The van der Waals surface area contributed by atoms with E-state index in [4.69, 9.17) is 0 Å². The molecule has 1 rings (SSSR count). The highest BCUT2D eigenvalue weighted by atomic mass is 15.0. The third-order valence-corrected chi connectivity index (χ3v) is 3.12. The normalized spacial score (nSPS) is 14.1. The predicted octanol–water partition coefficient (Wildman–Crippen LogP) is 3.01. The summed E-state index contributed by atoms with van der Waals surface area (Å²) in [7, 11) is 0. The number of quaternary nitrogens is 1. The van der Waals surface area contributed by atoms with Crippen LogP contribution < -0.4 is 9.88 Å². The van der Waals surface area contributed by atoms with Crippen LogP contribution in [-0.4, -0.2) is 5.54 Å². The lowest BCUT2D eigenvalue weighted by molar-refractivity contribution is -0.754. The van der Waals surface area contributed by atoms with Crippen LogP contribution in [0.2, 0.25) is 0 Å². The molecule has 0 aliphatic rings. The molecule has 0 spiro atoms. The number of aromatic nitrogens is 1. The first-order valence-electron chi connectivity index (χ1n) is 7.34. The molecule has 0 amide bonds. The minimum absolute atomic E-state index is 0.129. The van der Waals surface area contributed by atoms with Crippen molar-refractivity contribution in [1.82, 2.24) is 0 Å². The highest BCUT2D eigenvalue weighted by Crippen LogP contribution is 2.14. The van der Waals surface area contributed by atoms with Gasteiger partial charge in [-0.05, 0) is 44.9 Å². The zero-order valence-electron chi connectivity index (χ0n) is 14.1. The molecule has 1 heterocycles. The van der Waals surface area contributed by atoms with Crippen molar-refractivity contribution < 1.29 is 9.88 Å². The topological polar surface area (TPSA) is 20.5 Å². The van der Waals surface area contributed by atoms with E-state index in [-0.39, 0.29) is 11.1 Å². The van der Waals surface area contributed by atoms with E-state index in [1.54, 1.807) is 0 Å². The predicted molar refractivity (Wildman–Crippen MR) is 86.1 cm³/mol. The van der Waals surface area contributed by atoms with E-state index in [0.29, 0.717) is 0 Å². The maximum Gasteiger partial charge on any atom is 0.169 e. The summed E-state index contributed by atoms with van der Waals surface area (Å²) in [5.41, 5.74) is 2.87. The van der Waals surface area contributed by atoms with E-state index < -0.39 is 0 Å². The fourth-order valence-electron chi connectivity index (χ4n) is 1.87. The quantitative estimate of drug-likeness (QED) is 0.646. The first-order valence-corrected chi connectivity index (χ1v) is 7.34. The summed E-state index contributed by atoms with van der Waals surface area (Å²) >= 11 is 0. The van der Waals surface area contributed by atoms with E-state index in [0.717, 1.165) is 0 Å². The number of hydrogen-bond donors (Lipinski definition) is 1. The minimum Gasteiger partial charge on any atom is -0.316 e. The summed E-state index contributed by atoms with van der Waals surface area (Å²) in [5.74, 6) is 0. The van der Waals surface area contributed by atoms with Gasteiger partial charge in [0.05, 0.1) is 11.7 Å². The Labute approximate surface area is 124 Å². The Hall–Kier alpha value is -1.41. The van der Waals surface area contributed by atoms with Gasteiger partial charge in [0.1, 0.15) is 0 Å². The third kappa shape index (κ3) is 5.30. The standard InChI is InChI=1S/C18H29N2/c1-8-15(9-12-19-17(2,3)4)16-10-13-20(14-11-16)18(5,6)7/h8-14,19H,1-7H3/q+1/p+1/b12-9-,15-8+. The Bertz CT molecular complexity index is 480. The highest BCUT2D eigenvalue weighted by molar-refractivity contribution is 5.72. The molecular weight excluding hydrogens is 244 g/mol. The van der Waals surface area contributed by atoms with Crippen LogP contribution in [0.25, 0.3) is 5.57 Å². The van der Waals surface area contributed by atoms with E-state index >= 15 is 0 Å². The number of rotatable bonds is 3. The maximum absolute atomic E-state index is 2.23. The van der Waals surface area contributed by atoms with Gasteiger partial charge in [-0.2, -0.15) is 0 Å². The van der Waals surface area contributed by atoms with Gasteiger partial charge in [0, 0.05) is 32.9 Å². The second kappa shape index (κ2) is 6.36. The average Bonchev–Trinajstić information content (AvgIpc) is 2.32. The zero-order valence-corrected chi connectivity index (χ0v) is 14.1. The maximum atomic E-state index is 2.23. The summed E-state index contributed by atoms with van der Waals surface area (Å²) in [6.07, 6.45) is 10.8. The first kappa shape index (κ1) is 16.6. The molecule has 0 bridgehead atoms. The van der Waals surface area contributed by atoms with E-state index in [1.807, 2.05) is 0 Å². The monoisotopic (exact) mass is 274 g/mol. The molecule has 110 valence electrons. The van der Waals surface area contributed by atoms with Gasteiger partial charge in [0.15, 0.2) is 17.9 Å². The molecule has 0 aliphatic carbocycles. The molecule has 2 nitrogen and oxygen atoms in total. The van der Waals surface area contributed by atoms with Gasteiger partial charge in [0.25, 0.3) is 0 Å². The first-order chi connectivity index (χ1) is 9.13. The van der Waals surface area contributed by atoms with Crippen LogP contribution in [0.15, 0.2) is 42.9 Å². The largest absolute Gasteiger partial charge is 0.316 e. The lowest BCUT2D eigenvalue weighted by Crippen LogP contribution is -2.89. The third-order valence-electron chi connectivity index (χ3n) is 3.12. The number of hydrogen-bond acceptors (Lipinski definition) is 0. The minimum atomic E-state index is 0.129. The molecule has 0 aliphatic heterocycles. The Kier molecular flexibility index (Phi) is 5.29. The number of nitrogens with zero attached hydrogens (tertiary/aromatic N) is 1. The SMILES string of the molecule is C/C=C(\C=C/[NH2+]C(C)(C)C)c1cc[n+](C(C)(C)C)cc1. The zero-order chi connectivity index (χ0) is 15.4. The molecule has 2 N–H and O–H groups in total. The summed E-state index contributed by atoms with van der Waals surface area (Å²) in [5, 5.41) is 2.23. The van der Waals surface area contributed by atoms with Crippen molar-refractivity contribution in [3.8, 4) is 0 Å². The number of nitrogens with two attached hydrogens (primary N) is 1. The van der Waals surface area contributed by atoms with Gasteiger partial charge >= 0.3 is 0 Å². The lowest BCUT2D eigenvalue weighted by Gasteiger charge is -2.14. The molecule has 20 heavy (non-hydrogen) atoms. The fourth-order valence-corrected chi connectivity index (χ4v) is 1.87. The Balaban J connectivity index is 2.87. The van der Waals surface area contributed by atoms with Crippen molar-refractivity contribution in [2.75, 3.05) is 0 Å². The molecule has 0 aromatic carbocycles. The number of allylic oxidation sites excluding steroid dienone is 3. The smallest absolute Gasteiger partial charge is 0.169 e. The summed E-state index contributed by atoms with van der Waals surface area (Å²) < 4.78 is 2.23. The molecule has 0 saturated carbocycles. The molecule has 1 aromatic heterocycles. The van der Waals surface area contributed by atoms with Crippen LogP contribution >= 0.6 is 0 Å². The molecule has 0 radical (unpaired) electrons. The molecule has 2 heteroatoms. The fraction of sp³-hybridized carbons (Fsp3) is 0.500. The van der Waals surface area contributed by atoms with Gasteiger partial charge in [-0.25, -0.2) is 4.57 Å². The average molecular weight is 274 g/mol. The van der Waals surface area contributed by atoms with Gasteiger partial charge in [0.2, 0.25) is 0 Å². The van der Waals surface area contributed by atoms with Crippen LogP contribution in [-0.2, 0) is 5.54 Å². The van der Waals surface area contributed by atoms with Crippen LogP contribution in [0, 0.1) is 0 Å². The van der Waals surface area contributed by atoms with Gasteiger partial charge in [-0.3, -0.25) is 0 Å². The number of pyridine rings is 1. The second-order valence-corrected chi connectivity index (χ2v) is 7.30. The molecule has 1 aromatic rings. The lowest BCUT2D eigenvalue weighted by atomic mass is 10.0. The van der Waals surface area contributed by atoms with Crippen molar-refractivity contribution >= 4 is 5.57 Å². The van der Waals surface area contributed by atoms with Crippen molar-refractivity contribution in [2.45, 2.75) is 59.5 Å². The second-order valence-electron chi connectivity index (χ2n) is 7.30. The Morgan fingerprint density at radius 2 is 1.60 bits per heavy atom. The van der Waals surface area contributed by atoms with Crippen molar-refractivity contribution in [3.05, 3.63) is 48.4 Å².